The van der Waals surface area contributed by atoms with Crippen LogP contribution in [0.2, 0.25) is 0 Å². The monoisotopic (exact) mass is 147 g/mol. The minimum absolute atomic E-state index is 0.411. The third-order valence-corrected chi connectivity index (χ3v) is 6.20. The van der Waals surface area contributed by atoms with Crippen LogP contribution < -0.4 is 5.73 Å². The molecule has 0 heterocycles. The second-order valence-corrected chi connectivity index (χ2v) is 5.69. The highest BCUT2D eigenvalue weighted by atomic mass is 15.0. The Morgan fingerprint density at radius 2 is 1.82 bits per heavy atom. The van der Waals surface area contributed by atoms with E-state index in [4.69, 9.17) is 5.73 Å². The molecule has 0 aromatic rings. The summed E-state index contributed by atoms with van der Waals surface area (Å²) in [6.45, 7) is 0. The minimum atomic E-state index is 0.411. The van der Waals surface area contributed by atoms with Crippen LogP contribution >= 0.6 is 0 Å². The van der Waals surface area contributed by atoms with E-state index in [2.05, 4.69) is 0 Å². The highest BCUT2D eigenvalue weighted by Crippen LogP contribution is 2.89. The average Bonchev–Trinajstić information content (AvgIpc) is 2.36. The van der Waals surface area contributed by atoms with E-state index in [1.807, 2.05) is 0 Å². The van der Waals surface area contributed by atoms with Crippen LogP contribution in [-0.4, -0.2) is 5.54 Å². The highest BCUT2D eigenvalue weighted by Gasteiger charge is 2.89. The van der Waals surface area contributed by atoms with E-state index in [0.29, 0.717) is 5.54 Å². The van der Waals surface area contributed by atoms with Gasteiger partial charge in [-0.2, -0.15) is 0 Å². The zero-order valence-electron chi connectivity index (χ0n) is 6.53. The van der Waals surface area contributed by atoms with Gasteiger partial charge < -0.3 is 5.73 Å². The molecule has 6 aliphatic rings. The summed E-state index contributed by atoms with van der Waals surface area (Å²) in [7, 11) is 0. The Bertz CT molecular complexity index is 271. The lowest BCUT2D eigenvalue weighted by Crippen LogP contribution is -2.76. The van der Waals surface area contributed by atoms with Crippen LogP contribution in [0.3, 0.4) is 0 Å². The molecule has 0 radical (unpaired) electrons. The largest absolute Gasteiger partial charge is 0.324 e. The normalized spacial score (nSPS) is 90.8. The summed E-state index contributed by atoms with van der Waals surface area (Å²) in [6, 6.07) is 0. The molecule has 4 bridgehead atoms. The van der Waals surface area contributed by atoms with Gasteiger partial charge in [-0.25, -0.2) is 0 Å². The molecule has 2 unspecified atom stereocenters. The van der Waals surface area contributed by atoms with Crippen molar-refractivity contribution >= 4 is 0 Å². The number of nitrogens with two attached hydrogens (primary N) is 1. The molecule has 6 aliphatic carbocycles. The minimum Gasteiger partial charge on any atom is -0.324 e. The van der Waals surface area contributed by atoms with Gasteiger partial charge in [0, 0.05) is 5.54 Å². The highest BCUT2D eigenvalue weighted by molar-refractivity contribution is 5.40. The van der Waals surface area contributed by atoms with Crippen molar-refractivity contribution in [2.24, 2.45) is 47.2 Å². The number of hydrogen-bond donors (Lipinski definition) is 1. The van der Waals surface area contributed by atoms with Gasteiger partial charge in [-0.15, -0.1) is 0 Å². The molecule has 0 aliphatic heterocycles. The molecule has 6 rings (SSSR count). The van der Waals surface area contributed by atoms with Gasteiger partial charge in [0.15, 0.2) is 0 Å². The molecule has 0 amide bonds. The van der Waals surface area contributed by atoms with Crippen molar-refractivity contribution in [3.8, 4) is 0 Å². The third-order valence-electron chi connectivity index (χ3n) is 6.20. The summed E-state index contributed by atoms with van der Waals surface area (Å²) in [5.74, 6) is 7.61. The van der Waals surface area contributed by atoms with Gasteiger partial charge in [0.1, 0.15) is 0 Å². The first-order valence-corrected chi connectivity index (χ1v) is 5.12. The molecule has 0 spiro atoms. The first-order chi connectivity index (χ1) is 5.33. The predicted octanol–water partition coefficient (Wildman–Crippen LogP) is 0.845. The molecule has 0 saturated heterocycles. The SMILES string of the molecule is N[C@@]12C3C4C[C@@H]1[C@H]1C[C@@H]2[C@@H]3[C@@H]41. The lowest BCUT2D eigenvalue weighted by Gasteiger charge is -2.69. The fourth-order valence-corrected chi connectivity index (χ4v) is 6.30. The van der Waals surface area contributed by atoms with Crippen molar-refractivity contribution in [1.82, 2.24) is 0 Å². The van der Waals surface area contributed by atoms with Crippen LogP contribution in [0.25, 0.3) is 0 Å². The van der Waals surface area contributed by atoms with E-state index in [0.717, 1.165) is 35.5 Å². The van der Waals surface area contributed by atoms with Crippen LogP contribution in [0.5, 0.6) is 0 Å². The number of hydrogen-bond acceptors (Lipinski definition) is 1. The predicted molar refractivity (Wildman–Crippen MR) is 40.6 cm³/mol. The van der Waals surface area contributed by atoms with Gasteiger partial charge in [0.2, 0.25) is 0 Å². The topological polar surface area (TPSA) is 26.0 Å². The molecule has 11 heavy (non-hydrogen) atoms. The van der Waals surface area contributed by atoms with Crippen LogP contribution in [0.15, 0.2) is 0 Å². The second kappa shape index (κ2) is 0.953. The Labute approximate surface area is 66.3 Å². The molecular formula is C10H13N. The molecule has 58 valence electrons. The second-order valence-electron chi connectivity index (χ2n) is 5.69. The van der Waals surface area contributed by atoms with E-state index in [9.17, 15) is 0 Å². The van der Waals surface area contributed by atoms with Crippen LogP contribution in [-0.2, 0) is 0 Å². The van der Waals surface area contributed by atoms with Crippen molar-refractivity contribution in [3.05, 3.63) is 0 Å². The van der Waals surface area contributed by atoms with Crippen molar-refractivity contribution in [1.29, 1.82) is 0 Å². The van der Waals surface area contributed by atoms with Crippen molar-refractivity contribution < 1.29 is 0 Å². The molecular weight excluding hydrogens is 134 g/mol. The van der Waals surface area contributed by atoms with Gasteiger partial charge in [0.25, 0.3) is 0 Å². The lowest BCUT2D eigenvalue weighted by molar-refractivity contribution is -0.186. The Morgan fingerprint density at radius 1 is 1.00 bits per heavy atom. The summed E-state index contributed by atoms with van der Waals surface area (Å²) < 4.78 is 0. The summed E-state index contributed by atoms with van der Waals surface area (Å²) >= 11 is 0. The Hall–Kier alpha value is -0.0400. The zero-order chi connectivity index (χ0) is 6.96. The van der Waals surface area contributed by atoms with Crippen molar-refractivity contribution in [2.75, 3.05) is 0 Å². The zero-order valence-corrected chi connectivity index (χ0v) is 6.53. The molecule has 2 N–H and O–H groups in total. The van der Waals surface area contributed by atoms with Crippen molar-refractivity contribution in [2.45, 2.75) is 18.4 Å². The van der Waals surface area contributed by atoms with Gasteiger partial charge in [-0.3, -0.25) is 0 Å². The molecule has 8 atom stereocenters. The molecule has 0 aromatic heterocycles. The van der Waals surface area contributed by atoms with E-state index in [1.54, 1.807) is 0 Å². The van der Waals surface area contributed by atoms with Gasteiger partial charge in [0.05, 0.1) is 0 Å². The molecule has 6 saturated carbocycles. The maximum atomic E-state index is 6.50. The average molecular weight is 147 g/mol. The summed E-state index contributed by atoms with van der Waals surface area (Å²) in [6.07, 6.45) is 3.06. The van der Waals surface area contributed by atoms with Crippen LogP contribution in [0, 0.1) is 41.4 Å². The van der Waals surface area contributed by atoms with Crippen LogP contribution in [0.4, 0.5) is 0 Å². The van der Waals surface area contributed by atoms with E-state index >= 15 is 0 Å². The quantitative estimate of drug-likeness (QED) is 0.540. The van der Waals surface area contributed by atoms with Crippen molar-refractivity contribution in [3.63, 3.8) is 0 Å². The smallest absolute Gasteiger partial charge is 0.0251 e. The molecule has 6 fully saturated rings. The van der Waals surface area contributed by atoms with Gasteiger partial charge in [-0.1, -0.05) is 0 Å². The van der Waals surface area contributed by atoms with E-state index in [1.165, 1.54) is 18.8 Å². The molecule has 1 nitrogen and oxygen atoms in total. The fraction of sp³-hybridized carbons (Fsp3) is 1.00. The fourth-order valence-electron chi connectivity index (χ4n) is 6.30. The maximum Gasteiger partial charge on any atom is 0.0251 e. The molecule has 1 heteroatoms. The van der Waals surface area contributed by atoms with E-state index in [-0.39, 0.29) is 0 Å². The Morgan fingerprint density at radius 3 is 2.55 bits per heavy atom. The van der Waals surface area contributed by atoms with Crippen LogP contribution in [0.1, 0.15) is 12.8 Å². The Balaban J connectivity index is 1.93. The first-order valence-electron chi connectivity index (χ1n) is 5.12. The standard InChI is InChI=1S/C10H13N/c11-10-5-2-4-7-3(5)1-6(10)8(7)9(4)10/h3-9H,1-2,11H2/t3-,4?,5-,6-,7-,8-,9?,10+/m1/s1. The third kappa shape index (κ3) is 0.217. The maximum absolute atomic E-state index is 6.50. The summed E-state index contributed by atoms with van der Waals surface area (Å²) in [4.78, 5) is 0. The lowest BCUT2D eigenvalue weighted by atomic mass is 9.37. The van der Waals surface area contributed by atoms with Gasteiger partial charge >= 0.3 is 0 Å². The summed E-state index contributed by atoms with van der Waals surface area (Å²) in [5, 5.41) is 0. The Kier molecular flexibility index (Phi) is 0.421. The number of rotatable bonds is 0. The first kappa shape index (κ1) is 4.86. The molecule has 0 aromatic carbocycles. The summed E-state index contributed by atoms with van der Waals surface area (Å²) in [5.41, 5.74) is 6.91. The van der Waals surface area contributed by atoms with Gasteiger partial charge in [-0.05, 0) is 54.3 Å². The van der Waals surface area contributed by atoms with E-state index < -0.39 is 0 Å².